The van der Waals surface area contributed by atoms with Crippen LogP contribution in [0.15, 0.2) is 6.07 Å². The monoisotopic (exact) mass is 262 g/mol. The smallest absolute Gasteiger partial charge is 0.254 e. The van der Waals surface area contributed by atoms with Crippen LogP contribution in [0.1, 0.15) is 30.8 Å². The summed E-state index contributed by atoms with van der Waals surface area (Å²) < 4.78 is 38.5. The lowest BCUT2D eigenvalue weighted by Gasteiger charge is -2.28. The van der Waals surface area contributed by atoms with E-state index in [2.05, 4.69) is 4.98 Å². The van der Waals surface area contributed by atoms with E-state index in [0.717, 1.165) is 13.8 Å². The maximum absolute atomic E-state index is 12.8. The van der Waals surface area contributed by atoms with Crippen molar-refractivity contribution in [3.63, 3.8) is 0 Å². The molecule has 0 spiro atoms. The van der Waals surface area contributed by atoms with E-state index in [9.17, 15) is 13.2 Å². The van der Waals surface area contributed by atoms with E-state index in [1.165, 1.54) is 13.0 Å². The molecular weight excluding hydrogens is 253 g/mol. The summed E-state index contributed by atoms with van der Waals surface area (Å²) in [4.78, 5) is 3.81. The number of rotatable bonds is 1. The first-order chi connectivity index (χ1) is 7.61. The second kappa shape index (κ2) is 4.19. The van der Waals surface area contributed by atoms with E-state index in [0.29, 0.717) is 0 Å². The van der Waals surface area contributed by atoms with Crippen molar-refractivity contribution >= 4 is 11.6 Å². The molecular formula is C11H10ClF3N2. The number of hydrogen-bond acceptors (Lipinski definition) is 2. The van der Waals surface area contributed by atoms with E-state index < -0.39 is 11.6 Å². The van der Waals surface area contributed by atoms with Crippen LogP contribution in [-0.4, -0.2) is 11.2 Å². The summed E-state index contributed by atoms with van der Waals surface area (Å²) in [5.74, 6) is 0. The third-order valence-corrected chi connectivity index (χ3v) is 2.88. The number of halogens is 4. The first kappa shape index (κ1) is 13.8. The summed E-state index contributed by atoms with van der Waals surface area (Å²) in [5.41, 5.74) is -1.99. The molecule has 17 heavy (non-hydrogen) atoms. The van der Waals surface area contributed by atoms with E-state index in [4.69, 9.17) is 16.9 Å². The van der Waals surface area contributed by atoms with Crippen molar-refractivity contribution in [2.24, 2.45) is 0 Å². The number of nitriles is 1. The molecule has 1 aromatic heterocycles. The fourth-order valence-electron chi connectivity index (χ4n) is 1.27. The predicted octanol–water partition coefficient (Wildman–Crippen LogP) is 3.76. The Balaban J connectivity index is 3.45. The molecule has 1 heterocycles. The number of hydrogen-bond donors (Lipinski definition) is 0. The third kappa shape index (κ3) is 2.37. The molecule has 0 N–H and O–H groups in total. The minimum atomic E-state index is -4.45. The fourth-order valence-corrected chi connectivity index (χ4v) is 1.65. The summed E-state index contributed by atoms with van der Waals surface area (Å²) in [6, 6.07) is 3.04. The molecule has 0 amide bonds. The van der Waals surface area contributed by atoms with Crippen molar-refractivity contribution in [2.75, 3.05) is 0 Å². The van der Waals surface area contributed by atoms with Gasteiger partial charge in [-0.25, -0.2) is 0 Å². The van der Waals surface area contributed by atoms with Gasteiger partial charge in [0.15, 0.2) is 0 Å². The number of alkyl halides is 3. The van der Waals surface area contributed by atoms with E-state index >= 15 is 0 Å². The van der Waals surface area contributed by atoms with Crippen LogP contribution in [0.25, 0.3) is 0 Å². The zero-order valence-corrected chi connectivity index (χ0v) is 10.2. The quantitative estimate of drug-likeness (QED) is 0.773. The van der Waals surface area contributed by atoms with Crippen molar-refractivity contribution in [3.05, 3.63) is 28.0 Å². The Bertz CT molecular complexity index is 487. The van der Waals surface area contributed by atoms with Gasteiger partial charge in [0.25, 0.3) is 0 Å². The molecule has 0 unspecified atom stereocenters. The SMILES string of the molecule is Cc1nc(C(C)(C)C(F)(F)F)c(Cl)cc1C#N. The number of aromatic nitrogens is 1. The van der Waals surface area contributed by atoms with Gasteiger partial charge in [-0.1, -0.05) is 11.6 Å². The van der Waals surface area contributed by atoms with Crippen molar-refractivity contribution in [1.29, 1.82) is 5.26 Å². The van der Waals surface area contributed by atoms with Crippen LogP contribution < -0.4 is 0 Å². The molecule has 6 heteroatoms. The number of pyridine rings is 1. The molecule has 92 valence electrons. The average Bonchev–Trinajstić information content (AvgIpc) is 2.18. The second-order valence-electron chi connectivity index (χ2n) is 4.19. The Morgan fingerprint density at radius 3 is 2.29 bits per heavy atom. The van der Waals surface area contributed by atoms with Gasteiger partial charge in [0.05, 0.1) is 22.0 Å². The van der Waals surface area contributed by atoms with Crippen LogP contribution >= 0.6 is 11.6 Å². The highest BCUT2D eigenvalue weighted by molar-refractivity contribution is 6.31. The van der Waals surface area contributed by atoms with Crippen molar-refractivity contribution in [1.82, 2.24) is 4.98 Å². The van der Waals surface area contributed by atoms with Gasteiger partial charge in [-0.15, -0.1) is 0 Å². The van der Waals surface area contributed by atoms with Gasteiger partial charge in [-0.2, -0.15) is 18.4 Å². The summed E-state index contributed by atoms with van der Waals surface area (Å²) in [5, 5.41) is 8.58. The molecule has 0 bridgehead atoms. The van der Waals surface area contributed by atoms with Gasteiger partial charge >= 0.3 is 6.18 Å². The van der Waals surface area contributed by atoms with Crippen LogP contribution in [-0.2, 0) is 5.41 Å². The zero-order chi connectivity index (χ0) is 13.4. The highest BCUT2D eigenvalue weighted by Crippen LogP contribution is 2.42. The molecule has 0 saturated carbocycles. The number of nitrogens with zero attached hydrogens (tertiary/aromatic N) is 2. The van der Waals surface area contributed by atoms with Crippen LogP contribution in [0.3, 0.4) is 0 Å². The summed E-state index contributed by atoms with van der Waals surface area (Å²) >= 11 is 5.76. The van der Waals surface area contributed by atoms with Crippen LogP contribution in [0.2, 0.25) is 5.02 Å². The Kier molecular flexibility index (Phi) is 3.40. The molecule has 0 aliphatic rings. The summed E-state index contributed by atoms with van der Waals surface area (Å²) in [6.07, 6.45) is -4.45. The highest BCUT2D eigenvalue weighted by atomic mass is 35.5. The van der Waals surface area contributed by atoms with E-state index in [1.54, 1.807) is 0 Å². The molecule has 1 aromatic rings. The fraction of sp³-hybridized carbons (Fsp3) is 0.455. The molecule has 0 radical (unpaired) electrons. The minimum Gasteiger partial charge on any atom is -0.254 e. The van der Waals surface area contributed by atoms with Gasteiger partial charge in [0.1, 0.15) is 11.5 Å². The topological polar surface area (TPSA) is 36.7 Å². The van der Waals surface area contributed by atoms with E-state index in [1.807, 2.05) is 6.07 Å². The zero-order valence-electron chi connectivity index (χ0n) is 9.48. The molecule has 0 aliphatic heterocycles. The Labute approximate surface area is 102 Å². The first-order valence-corrected chi connectivity index (χ1v) is 5.13. The van der Waals surface area contributed by atoms with Gasteiger partial charge < -0.3 is 0 Å². The average molecular weight is 263 g/mol. The van der Waals surface area contributed by atoms with Crippen molar-refractivity contribution in [2.45, 2.75) is 32.4 Å². The molecule has 1 rings (SSSR count). The lowest BCUT2D eigenvalue weighted by atomic mass is 9.87. The Hall–Kier alpha value is -1.28. The molecule has 0 atom stereocenters. The van der Waals surface area contributed by atoms with Crippen LogP contribution in [0, 0.1) is 18.3 Å². The number of aryl methyl sites for hydroxylation is 1. The first-order valence-electron chi connectivity index (χ1n) is 4.75. The van der Waals surface area contributed by atoms with Crippen LogP contribution in [0.4, 0.5) is 13.2 Å². The lowest BCUT2D eigenvalue weighted by molar-refractivity contribution is -0.181. The van der Waals surface area contributed by atoms with Gasteiger partial charge in [0.2, 0.25) is 0 Å². The summed E-state index contributed by atoms with van der Waals surface area (Å²) in [7, 11) is 0. The summed E-state index contributed by atoms with van der Waals surface area (Å²) in [6.45, 7) is 3.49. The second-order valence-corrected chi connectivity index (χ2v) is 4.59. The highest BCUT2D eigenvalue weighted by Gasteiger charge is 2.50. The lowest BCUT2D eigenvalue weighted by Crippen LogP contribution is -2.37. The molecule has 0 fully saturated rings. The predicted molar refractivity (Wildman–Crippen MR) is 57.8 cm³/mol. The maximum Gasteiger partial charge on any atom is 0.399 e. The maximum atomic E-state index is 12.8. The van der Waals surface area contributed by atoms with Crippen molar-refractivity contribution in [3.8, 4) is 6.07 Å². The minimum absolute atomic E-state index is 0.144. The van der Waals surface area contributed by atoms with Gasteiger partial charge in [0, 0.05) is 0 Å². The normalized spacial score (nSPS) is 12.4. The standard InChI is InChI=1S/C11H10ClF3N2/c1-6-7(5-16)4-8(12)9(17-6)10(2,3)11(13,14)15/h4H,1-3H3. The molecule has 0 saturated heterocycles. The largest absolute Gasteiger partial charge is 0.399 e. The van der Waals surface area contributed by atoms with E-state index in [-0.39, 0.29) is 22.0 Å². The molecule has 0 aliphatic carbocycles. The molecule has 2 nitrogen and oxygen atoms in total. The molecule has 0 aromatic carbocycles. The third-order valence-electron chi connectivity index (χ3n) is 2.59. The Morgan fingerprint density at radius 1 is 1.35 bits per heavy atom. The van der Waals surface area contributed by atoms with Gasteiger partial charge in [-0.05, 0) is 26.8 Å². The van der Waals surface area contributed by atoms with Crippen molar-refractivity contribution < 1.29 is 13.2 Å². The Morgan fingerprint density at radius 2 is 1.88 bits per heavy atom. The van der Waals surface area contributed by atoms with Gasteiger partial charge in [-0.3, -0.25) is 4.98 Å². The van der Waals surface area contributed by atoms with Crippen LogP contribution in [0.5, 0.6) is 0 Å².